The Morgan fingerprint density at radius 1 is 1.10 bits per heavy atom. The molecule has 7 heteroatoms. The highest BCUT2D eigenvalue weighted by Crippen LogP contribution is 2.25. The lowest BCUT2D eigenvalue weighted by Crippen LogP contribution is -2.49. The third-order valence-corrected chi connectivity index (χ3v) is 6.52. The molecule has 1 unspecified atom stereocenters. The summed E-state index contributed by atoms with van der Waals surface area (Å²) in [5.41, 5.74) is 3.25. The quantitative estimate of drug-likeness (QED) is 0.504. The Bertz CT molecular complexity index is 876. The van der Waals surface area contributed by atoms with E-state index >= 15 is 0 Å². The monoisotopic (exact) mass is 466 g/mol. The Morgan fingerprint density at radius 3 is 2.47 bits per heavy atom. The van der Waals surface area contributed by atoms with E-state index in [0.29, 0.717) is 35.3 Å². The van der Waals surface area contributed by atoms with Gasteiger partial charge in [-0.2, -0.15) is 0 Å². The fourth-order valence-corrected chi connectivity index (χ4v) is 4.46. The van der Waals surface area contributed by atoms with Gasteiger partial charge in [0.2, 0.25) is 11.8 Å². The summed E-state index contributed by atoms with van der Waals surface area (Å²) in [6, 6.07) is 12.9. The number of hydrogen-bond acceptors (Lipinski definition) is 3. The van der Waals surface area contributed by atoms with E-state index in [0.717, 1.165) is 11.3 Å². The highest BCUT2D eigenvalue weighted by Gasteiger charge is 2.28. The number of amides is 2. The van der Waals surface area contributed by atoms with Crippen LogP contribution in [0.1, 0.15) is 37.0 Å². The van der Waals surface area contributed by atoms with Crippen molar-refractivity contribution < 1.29 is 9.59 Å². The third kappa shape index (κ3) is 6.93. The van der Waals surface area contributed by atoms with Crippen molar-refractivity contribution in [3.63, 3.8) is 0 Å². The normalized spacial score (nSPS) is 11.8. The number of carbonyl (C=O) groups excluding carboxylic acids is 2. The van der Waals surface area contributed by atoms with Crippen molar-refractivity contribution in [2.45, 2.75) is 45.5 Å². The Labute approximate surface area is 193 Å². The molecule has 2 aromatic carbocycles. The van der Waals surface area contributed by atoms with E-state index < -0.39 is 6.04 Å². The molecule has 2 amide bonds. The SMILES string of the molecule is CCNC(=O)C(CC)N(Cc1ccc(Cl)c(Cl)c1)C(=O)CSCc1ccccc1C. The van der Waals surface area contributed by atoms with E-state index in [1.165, 1.54) is 11.1 Å². The zero-order valence-electron chi connectivity index (χ0n) is 17.6. The van der Waals surface area contributed by atoms with E-state index in [1.54, 1.807) is 28.8 Å². The van der Waals surface area contributed by atoms with E-state index in [1.807, 2.05) is 32.0 Å². The maximum Gasteiger partial charge on any atom is 0.242 e. The summed E-state index contributed by atoms with van der Waals surface area (Å²) in [6.07, 6.45) is 0.529. The predicted octanol–water partition coefficient (Wildman–Crippen LogP) is 5.48. The highest BCUT2D eigenvalue weighted by atomic mass is 35.5. The predicted molar refractivity (Wildman–Crippen MR) is 127 cm³/mol. The molecule has 0 heterocycles. The molecule has 0 aliphatic carbocycles. The summed E-state index contributed by atoms with van der Waals surface area (Å²) in [7, 11) is 0. The van der Waals surface area contributed by atoms with Crippen LogP contribution >= 0.6 is 35.0 Å². The first-order chi connectivity index (χ1) is 14.4. The summed E-state index contributed by atoms with van der Waals surface area (Å²) in [5.74, 6) is 0.831. The van der Waals surface area contributed by atoms with Crippen LogP contribution in [0.15, 0.2) is 42.5 Å². The van der Waals surface area contributed by atoms with Crippen molar-refractivity contribution in [1.29, 1.82) is 0 Å². The van der Waals surface area contributed by atoms with Crippen molar-refractivity contribution in [2.75, 3.05) is 12.3 Å². The van der Waals surface area contributed by atoms with Crippen LogP contribution in [0.25, 0.3) is 0 Å². The van der Waals surface area contributed by atoms with Gasteiger partial charge in [-0.3, -0.25) is 9.59 Å². The van der Waals surface area contributed by atoms with Crippen molar-refractivity contribution >= 4 is 46.8 Å². The lowest BCUT2D eigenvalue weighted by molar-refractivity contribution is -0.139. The Balaban J connectivity index is 2.15. The highest BCUT2D eigenvalue weighted by molar-refractivity contribution is 7.99. The minimum Gasteiger partial charge on any atom is -0.355 e. The maximum atomic E-state index is 13.1. The van der Waals surface area contributed by atoms with Gasteiger partial charge in [0.05, 0.1) is 15.8 Å². The minimum absolute atomic E-state index is 0.0715. The van der Waals surface area contributed by atoms with Gasteiger partial charge < -0.3 is 10.2 Å². The number of hydrogen-bond donors (Lipinski definition) is 1. The number of aryl methyl sites for hydroxylation is 1. The van der Waals surface area contributed by atoms with Gasteiger partial charge >= 0.3 is 0 Å². The van der Waals surface area contributed by atoms with E-state index in [4.69, 9.17) is 23.2 Å². The molecule has 0 aliphatic heterocycles. The Kier molecular flexibility index (Phi) is 10.0. The van der Waals surface area contributed by atoms with Gasteiger partial charge in [-0.05, 0) is 49.1 Å². The van der Waals surface area contributed by atoms with Crippen LogP contribution in [0.2, 0.25) is 10.0 Å². The maximum absolute atomic E-state index is 13.1. The Morgan fingerprint density at radius 2 is 1.83 bits per heavy atom. The number of benzene rings is 2. The summed E-state index contributed by atoms with van der Waals surface area (Å²) in [6.45, 7) is 6.67. The summed E-state index contributed by atoms with van der Waals surface area (Å²) in [5, 5.41) is 3.73. The van der Waals surface area contributed by atoms with Gasteiger partial charge in [0, 0.05) is 18.8 Å². The van der Waals surface area contributed by atoms with Crippen LogP contribution in [0.3, 0.4) is 0 Å². The fraction of sp³-hybridized carbons (Fsp3) is 0.391. The number of carbonyl (C=O) groups is 2. The van der Waals surface area contributed by atoms with Gasteiger partial charge in [0.15, 0.2) is 0 Å². The third-order valence-electron chi connectivity index (χ3n) is 4.82. The molecule has 0 bridgehead atoms. The molecule has 30 heavy (non-hydrogen) atoms. The number of nitrogens with zero attached hydrogens (tertiary/aromatic N) is 1. The molecule has 162 valence electrons. The zero-order valence-corrected chi connectivity index (χ0v) is 19.9. The van der Waals surface area contributed by atoms with Crippen LogP contribution in [0.5, 0.6) is 0 Å². The van der Waals surface area contributed by atoms with Gasteiger partial charge in [-0.1, -0.05) is 60.5 Å². The summed E-state index contributed by atoms with van der Waals surface area (Å²) >= 11 is 13.7. The van der Waals surface area contributed by atoms with Crippen molar-refractivity contribution in [3.8, 4) is 0 Å². The number of rotatable bonds is 10. The van der Waals surface area contributed by atoms with Crippen LogP contribution < -0.4 is 5.32 Å². The number of likely N-dealkylation sites (N-methyl/N-ethyl adjacent to an activating group) is 1. The second-order valence-electron chi connectivity index (χ2n) is 7.01. The van der Waals surface area contributed by atoms with Gasteiger partial charge in [0.1, 0.15) is 6.04 Å². The molecule has 0 spiro atoms. The van der Waals surface area contributed by atoms with Gasteiger partial charge in [-0.25, -0.2) is 0 Å². The average molecular weight is 467 g/mol. The first-order valence-electron chi connectivity index (χ1n) is 10.0. The molecule has 0 aliphatic rings. The molecule has 1 atom stereocenters. The molecule has 2 rings (SSSR count). The molecule has 2 aromatic rings. The Hall–Kier alpha value is -1.69. The van der Waals surface area contributed by atoms with Gasteiger partial charge in [0.25, 0.3) is 0 Å². The van der Waals surface area contributed by atoms with Crippen LogP contribution in [0.4, 0.5) is 0 Å². The van der Waals surface area contributed by atoms with E-state index in [-0.39, 0.29) is 11.8 Å². The number of thioether (sulfide) groups is 1. The smallest absolute Gasteiger partial charge is 0.242 e. The molecule has 0 saturated carbocycles. The zero-order chi connectivity index (χ0) is 22.1. The fourth-order valence-electron chi connectivity index (χ4n) is 3.15. The lowest BCUT2D eigenvalue weighted by Gasteiger charge is -2.30. The lowest BCUT2D eigenvalue weighted by atomic mass is 10.1. The molecule has 0 saturated heterocycles. The summed E-state index contributed by atoms with van der Waals surface area (Å²) < 4.78 is 0. The van der Waals surface area contributed by atoms with E-state index in [9.17, 15) is 9.59 Å². The largest absolute Gasteiger partial charge is 0.355 e. The van der Waals surface area contributed by atoms with Gasteiger partial charge in [-0.15, -0.1) is 11.8 Å². The second kappa shape index (κ2) is 12.2. The number of nitrogens with one attached hydrogen (secondary N) is 1. The molecule has 1 N–H and O–H groups in total. The van der Waals surface area contributed by atoms with Crippen molar-refractivity contribution in [2.24, 2.45) is 0 Å². The first kappa shape index (κ1) is 24.6. The van der Waals surface area contributed by atoms with Crippen LogP contribution in [-0.2, 0) is 21.9 Å². The van der Waals surface area contributed by atoms with E-state index in [2.05, 4.69) is 24.4 Å². The molecular formula is C23H28Cl2N2O2S. The number of halogens is 2. The molecule has 0 aromatic heterocycles. The molecule has 0 fully saturated rings. The average Bonchev–Trinajstić information content (AvgIpc) is 2.72. The first-order valence-corrected chi connectivity index (χ1v) is 11.9. The van der Waals surface area contributed by atoms with Crippen LogP contribution in [0, 0.1) is 6.92 Å². The van der Waals surface area contributed by atoms with Crippen LogP contribution in [-0.4, -0.2) is 35.1 Å². The summed E-state index contributed by atoms with van der Waals surface area (Å²) in [4.78, 5) is 27.4. The molecule has 4 nitrogen and oxygen atoms in total. The van der Waals surface area contributed by atoms with Crippen molar-refractivity contribution in [1.82, 2.24) is 10.2 Å². The standard InChI is InChI=1S/C23H28Cl2N2O2S/c1-4-21(23(29)26-5-2)27(13-17-10-11-19(24)20(25)12-17)22(28)15-30-14-18-9-7-6-8-16(18)3/h6-12,21H,4-5,13-15H2,1-3H3,(H,26,29). The minimum atomic E-state index is -0.536. The van der Waals surface area contributed by atoms with Crippen molar-refractivity contribution in [3.05, 3.63) is 69.2 Å². The topological polar surface area (TPSA) is 49.4 Å². The molecular weight excluding hydrogens is 439 g/mol. The second-order valence-corrected chi connectivity index (χ2v) is 8.81. The molecule has 0 radical (unpaired) electrons.